The van der Waals surface area contributed by atoms with E-state index in [9.17, 15) is 18.0 Å². The number of hydrogen-bond donors (Lipinski definition) is 0. The molecule has 13 heavy (non-hydrogen) atoms. The molecule has 2 amide bonds. The second kappa shape index (κ2) is 4.34. The summed E-state index contributed by atoms with van der Waals surface area (Å²) in [4.78, 5) is 13.3. The maximum absolute atomic E-state index is 11.7. The maximum atomic E-state index is 11.7. The molecule has 0 bridgehead atoms. The van der Waals surface area contributed by atoms with Crippen molar-refractivity contribution in [2.45, 2.75) is 12.6 Å². The minimum atomic E-state index is -4.21. The minimum absolute atomic E-state index is 0.305. The highest BCUT2D eigenvalue weighted by Crippen LogP contribution is 2.19. The smallest absolute Gasteiger partial charge is 0.331 e. The van der Waals surface area contributed by atoms with Crippen molar-refractivity contribution >= 4 is 6.03 Å². The Bertz CT molecular complexity index is 179. The molecule has 0 aliphatic carbocycles. The largest absolute Gasteiger partial charge is 0.390 e. The highest BCUT2D eigenvalue weighted by molar-refractivity contribution is 5.73. The molecule has 0 unspecified atom stereocenters. The Morgan fingerprint density at radius 2 is 1.69 bits per heavy atom. The van der Waals surface area contributed by atoms with Gasteiger partial charge in [0.25, 0.3) is 0 Å². The van der Waals surface area contributed by atoms with E-state index in [2.05, 4.69) is 0 Å². The van der Waals surface area contributed by atoms with Crippen LogP contribution in [0.25, 0.3) is 0 Å². The highest BCUT2D eigenvalue weighted by atomic mass is 19.4. The molecule has 0 N–H and O–H groups in total. The van der Waals surface area contributed by atoms with Crippen molar-refractivity contribution in [3.8, 4) is 0 Å². The Morgan fingerprint density at radius 1 is 1.23 bits per heavy atom. The van der Waals surface area contributed by atoms with Crippen LogP contribution in [0.4, 0.5) is 18.0 Å². The van der Waals surface area contributed by atoms with Crippen molar-refractivity contribution in [1.29, 1.82) is 0 Å². The zero-order chi connectivity index (χ0) is 10.6. The van der Waals surface area contributed by atoms with Gasteiger partial charge in [-0.1, -0.05) is 0 Å². The van der Waals surface area contributed by atoms with Crippen LogP contribution in [0, 0.1) is 0 Å². The molecular weight excluding hydrogens is 185 g/mol. The van der Waals surface area contributed by atoms with Crippen molar-refractivity contribution < 1.29 is 18.0 Å². The second-order valence-corrected chi connectivity index (χ2v) is 2.96. The molecule has 0 rings (SSSR count). The summed E-state index contributed by atoms with van der Waals surface area (Å²) in [5.41, 5.74) is 0. The number of amides is 2. The number of carbonyl (C=O) groups excluding carboxylic acids is 1. The third-order valence-electron chi connectivity index (χ3n) is 1.44. The Hall–Kier alpha value is -0.940. The molecule has 78 valence electrons. The van der Waals surface area contributed by atoms with Crippen LogP contribution in [0.5, 0.6) is 0 Å². The van der Waals surface area contributed by atoms with Gasteiger partial charge in [-0.3, -0.25) is 0 Å². The van der Waals surface area contributed by atoms with Crippen LogP contribution in [0.1, 0.15) is 6.42 Å². The molecule has 0 radical (unpaired) electrons. The topological polar surface area (TPSA) is 23.6 Å². The zero-order valence-electron chi connectivity index (χ0n) is 7.85. The summed E-state index contributed by atoms with van der Waals surface area (Å²) in [6.07, 6.45) is -5.18. The van der Waals surface area contributed by atoms with Gasteiger partial charge in [-0.25, -0.2) is 4.79 Å². The Labute approximate surface area is 75.1 Å². The van der Waals surface area contributed by atoms with Crippen molar-refractivity contribution in [1.82, 2.24) is 9.80 Å². The molecule has 0 atom stereocenters. The average molecular weight is 198 g/mol. The van der Waals surface area contributed by atoms with E-state index < -0.39 is 18.6 Å². The molecule has 0 aliphatic rings. The summed E-state index contributed by atoms with van der Waals surface area (Å²) in [5.74, 6) is 0. The van der Waals surface area contributed by atoms with E-state index in [0.29, 0.717) is 0 Å². The van der Waals surface area contributed by atoms with Crippen molar-refractivity contribution in [3.63, 3.8) is 0 Å². The minimum Gasteiger partial charge on any atom is -0.331 e. The summed E-state index contributed by atoms with van der Waals surface area (Å²) < 4.78 is 35.2. The zero-order valence-corrected chi connectivity index (χ0v) is 7.85. The van der Waals surface area contributed by atoms with Crippen LogP contribution in [0.2, 0.25) is 0 Å². The predicted octanol–water partition coefficient (Wildman–Crippen LogP) is 1.55. The molecule has 0 saturated heterocycles. The molecule has 6 heteroatoms. The predicted molar refractivity (Wildman–Crippen MR) is 42.4 cm³/mol. The molecule has 0 heterocycles. The van der Waals surface area contributed by atoms with Crippen molar-refractivity contribution in [2.75, 3.05) is 27.7 Å². The molecular formula is C7H13F3N2O. The van der Waals surface area contributed by atoms with Gasteiger partial charge in [0.2, 0.25) is 0 Å². The normalized spacial score (nSPS) is 11.2. The van der Waals surface area contributed by atoms with Crippen LogP contribution in [0.15, 0.2) is 0 Å². The van der Waals surface area contributed by atoms with E-state index in [0.717, 1.165) is 4.90 Å². The van der Waals surface area contributed by atoms with Crippen LogP contribution in [0.3, 0.4) is 0 Å². The van der Waals surface area contributed by atoms with E-state index in [1.165, 1.54) is 26.0 Å². The maximum Gasteiger partial charge on any atom is 0.390 e. The fraction of sp³-hybridized carbons (Fsp3) is 0.857. The first-order chi connectivity index (χ1) is 5.74. The Kier molecular flexibility index (Phi) is 4.03. The van der Waals surface area contributed by atoms with Gasteiger partial charge in [0.15, 0.2) is 0 Å². The summed E-state index contributed by atoms with van der Waals surface area (Å²) >= 11 is 0. The van der Waals surface area contributed by atoms with Gasteiger partial charge in [-0.15, -0.1) is 0 Å². The van der Waals surface area contributed by atoms with Crippen molar-refractivity contribution in [3.05, 3.63) is 0 Å². The third kappa shape index (κ3) is 5.32. The monoisotopic (exact) mass is 198 g/mol. The molecule has 3 nitrogen and oxygen atoms in total. The lowest BCUT2D eigenvalue weighted by Crippen LogP contribution is -2.38. The molecule has 0 saturated carbocycles. The van der Waals surface area contributed by atoms with Gasteiger partial charge in [0.05, 0.1) is 6.42 Å². The van der Waals surface area contributed by atoms with Crippen LogP contribution in [-0.2, 0) is 0 Å². The van der Waals surface area contributed by atoms with Crippen LogP contribution >= 0.6 is 0 Å². The number of hydrogen-bond acceptors (Lipinski definition) is 1. The van der Waals surface area contributed by atoms with Crippen LogP contribution in [-0.4, -0.2) is 49.7 Å². The van der Waals surface area contributed by atoms with Crippen molar-refractivity contribution in [2.24, 2.45) is 0 Å². The van der Waals surface area contributed by atoms with E-state index in [1.54, 1.807) is 0 Å². The fourth-order valence-electron chi connectivity index (χ4n) is 0.732. The average Bonchev–Trinajstić information content (AvgIpc) is 1.97. The summed E-state index contributed by atoms with van der Waals surface area (Å²) in [5, 5.41) is 0. The van der Waals surface area contributed by atoms with Gasteiger partial charge in [0.1, 0.15) is 0 Å². The first-order valence-corrected chi connectivity index (χ1v) is 3.73. The quantitative estimate of drug-likeness (QED) is 0.660. The van der Waals surface area contributed by atoms with E-state index in [1.807, 2.05) is 0 Å². The number of carbonyl (C=O) groups is 1. The van der Waals surface area contributed by atoms with Gasteiger partial charge < -0.3 is 9.80 Å². The summed E-state index contributed by atoms with van der Waals surface area (Å²) in [6, 6.07) is -0.427. The number of nitrogens with zero attached hydrogens (tertiary/aromatic N) is 2. The number of halogens is 3. The molecule has 0 aliphatic heterocycles. The van der Waals surface area contributed by atoms with Gasteiger partial charge in [-0.2, -0.15) is 13.2 Å². The van der Waals surface area contributed by atoms with Gasteiger partial charge in [-0.05, 0) is 0 Å². The summed E-state index contributed by atoms with van der Waals surface area (Å²) in [6.45, 7) is -0.305. The van der Waals surface area contributed by atoms with Gasteiger partial charge >= 0.3 is 12.2 Å². The highest BCUT2D eigenvalue weighted by Gasteiger charge is 2.28. The molecule has 0 aromatic heterocycles. The molecule has 0 aromatic rings. The lowest BCUT2D eigenvalue weighted by Gasteiger charge is -2.22. The lowest BCUT2D eigenvalue weighted by atomic mass is 10.4. The number of rotatable bonds is 2. The Morgan fingerprint density at radius 3 is 2.00 bits per heavy atom. The second-order valence-electron chi connectivity index (χ2n) is 2.96. The molecule has 0 fully saturated rings. The lowest BCUT2D eigenvalue weighted by molar-refractivity contribution is -0.136. The SMILES string of the molecule is CN(C)C(=O)N(C)CCC(F)(F)F. The first kappa shape index (κ1) is 12.1. The third-order valence-corrected chi connectivity index (χ3v) is 1.44. The number of urea groups is 1. The number of alkyl halides is 3. The fourth-order valence-corrected chi connectivity index (χ4v) is 0.732. The standard InChI is InChI=1S/C7H13F3N2O/c1-11(2)6(13)12(3)5-4-7(8,9)10/h4-5H2,1-3H3. The van der Waals surface area contributed by atoms with Crippen LogP contribution < -0.4 is 0 Å². The summed E-state index contributed by atoms with van der Waals surface area (Å²) in [7, 11) is 4.33. The molecule has 0 spiro atoms. The Balaban J connectivity index is 3.88. The first-order valence-electron chi connectivity index (χ1n) is 3.73. The van der Waals surface area contributed by atoms with E-state index in [4.69, 9.17) is 0 Å². The van der Waals surface area contributed by atoms with E-state index in [-0.39, 0.29) is 6.54 Å². The van der Waals surface area contributed by atoms with Gasteiger partial charge in [0, 0.05) is 27.7 Å². The molecule has 0 aromatic carbocycles. The van der Waals surface area contributed by atoms with E-state index >= 15 is 0 Å².